The van der Waals surface area contributed by atoms with Crippen LogP contribution in [0.1, 0.15) is 43.7 Å². The molecule has 18 heavy (non-hydrogen) atoms. The molecule has 0 aromatic heterocycles. The highest BCUT2D eigenvalue weighted by atomic mass is 15.1. The van der Waals surface area contributed by atoms with Crippen LogP contribution in [-0.4, -0.2) is 19.6 Å². The molecular weight excluding hydrogens is 220 g/mol. The first-order valence-electron chi connectivity index (χ1n) is 7.10. The van der Waals surface area contributed by atoms with Crippen molar-refractivity contribution in [3.8, 4) is 0 Å². The standard InChI is InChI=1S/C16H28N2/c1-5-6-7-8-15(12-17)18(4)16-10-9-13(2)11-14(16)3/h9-11,15H,5-8,12,17H2,1-4H3. The van der Waals surface area contributed by atoms with Crippen LogP contribution in [0.3, 0.4) is 0 Å². The number of nitrogens with two attached hydrogens (primary N) is 1. The monoisotopic (exact) mass is 248 g/mol. The Labute approximate surface area is 112 Å². The molecule has 1 aromatic carbocycles. The third-order valence-electron chi connectivity index (χ3n) is 3.69. The van der Waals surface area contributed by atoms with Crippen molar-refractivity contribution in [3.63, 3.8) is 0 Å². The van der Waals surface area contributed by atoms with E-state index in [4.69, 9.17) is 5.73 Å². The molecule has 1 unspecified atom stereocenters. The van der Waals surface area contributed by atoms with E-state index in [2.05, 4.69) is 50.9 Å². The maximum absolute atomic E-state index is 5.93. The molecule has 2 nitrogen and oxygen atoms in total. The van der Waals surface area contributed by atoms with Crippen molar-refractivity contribution < 1.29 is 0 Å². The van der Waals surface area contributed by atoms with Gasteiger partial charge in [0.25, 0.3) is 0 Å². The quantitative estimate of drug-likeness (QED) is 0.746. The fourth-order valence-corrected chi connectivity index (χ4v) is 2.50. The third-order valence-corrected chi connectivity index (χ3v) is 3.69. The molecule has 0 saturated carbocycles. The number of likely N-dealkylation sites (N-methyl/N-ethyl adjacent to an activating group) is 1. The maximum Gasteiger partial charge on any atom is 0.0409 e. The summed E-state index contributed by atoms with van der Waals surface area (Å²) in [4.78, 5) is 2.35. The van der Waals surface area contributed by atoms with Gasteiger partial charge in [0.1, 0.15) is 0 Å². The van der Waals surface area contributed by atoms with E-state index in [1.165, 1.54) is 42.5 Å². The normalized spacial score (nSPS) is 12.5. The molecule has 1 rings (SSSR count). The van der Waals surface area contributed by atoms with E-state index in [1.807, 2.05) is 0 Å². The lowest BCUT2D eigenvalue weighted by atomic mass is 10.0. The van der Waals surface area contributed by atoms with Gasteiger partial charge in [0.2, 0.25) is 0 Å². The van der Waals surface area contributed by atoms with Gasteiger partial charge < -0.3 is 10.6 Å². The van der Waals surface area contributed by atoms with E-state index >= 15 is 0 Å². The number of nitrogens with zero attached hydrogens (tertiary/aromatic N) is 1. The molecule has 0 spiro atoms. The highest BCUT2D eigenvalue weighted by molar-refractivity contribution is 5.54. The van der Waals surface area contributed by atoms with Gasteiger partial charge in [-0.25, -0.2) is 0 Å². The Morgan fingerprint density at radius 2 is 1.94 bits per heavy atom. The Morgan fingerprint density at radius 3 is 2.50 bits per heavy atom. The number of hydrogen-bond donors (Lipinski definition) is 1. The Kier molecular flexibility index (Phi) is 6.20. The Hall–Kier alpha value is -1.02. The lowest BCUT2D eigenvalue weighted by Crippen LogP contribution is -2.38. The van der Waals surface area contributed by atoms with Crippen LogP contribution in [0.15, 0.2) is 18.2 Å². The van der Waals surface area contributed by atoms with E-state index in [-0.39, 0.29) is 0 Å². The van der Waals surface area contributed by atoms with E-state index < -0.39 is 0 Å². The van der Waals surface area contributed by atoms with Gasteiger partial charge in [-0.2, -0.15) is 0 Å². The minimum absolute atomic E-state index is 0.456. The smallest absolute Gasteiger partial charge is 0.0409 e. The summed E-state index contributed by atoms with van der Waals surface area (Å²) in [5.41, 5.74) is 9.90. The van der Waals surface area contributed by atoms with E-state index in [9.17, 15) is 0 Å². The molecule has 0 aliphatic rings. The number of benzene rings is 1. The predicted octanol–water partition coefficient (Wildman–Crippen LogP) is 3.65. The zero-order valence-electron chi connectivity index (χ0n) is 12.4. The van der Waals surface area contributed by atoms with Crippen LogP contribution in [0, 0.1) is 13.8 Å². The van der Waals surface area contributed by atoms with E-state index in [0.717, 1.165) is 6.54 Å². The second kappa shape index (κ2) is 7.42. The zero-order valence-corrected chi connectivity index (χ0v) is 12.4. The lowest BCUT2D eigenvalue weighted by Gasteiger charge is -2.30. The molecule has 0 fully saturated rings. The Balaban J connectivity index is 2.73. The zero-order chi connectivity index (χ0) is 13.5. The molecule has 102 valence electrons. The number of aryl methyl sites for hydroxylation is 2. The molecule has 0 bridgehead atoms. The van der Waals surface area contributed by atoms with Gasteiger partial charge in [-0.3, -0.25) is 0 Å². The van der Waals surface area contributed by atoms with Crippen molar-refractivity contribution in [1.82, 2.24) is 0 Å². The molecule has 2 N–H and O–H groups in total. The van der Waals surface area contributed by atoms with Crippen LogP contribution in [0.4, 0.5) is 5.69 Å². The van der Waals surface area contributed by atoms with Gasteiger partial charge in [0.15, 0.2) is 0 Å². The molecule has 0 aliphatic carbocycles. The number of hydrogen-bond acceptors (Lipinski definition) is 2. The van der Waals surface area contributed by atoms with Crippen LogP contribution in [0.5, 0.6) is 0 Å². The summed E-state index contributed by atoms with van der Waals surface area (Å²) in [6.45, 7) is 7.29. The van der Waals surface area contributed by atoms with Gasteiger partial charge >= 0.3 is 0 Å². The maximum atomic E-state index is 5.93. The summed E-state index contributed by atoms with van der Waals surface area (Å²) < 4.78 is 0. The Bertz CT molecular complexity index is 360. The van der Waals surface area contributed by atoms with Crippen molar-refractivity contribution in [1.29, 1.82) is 0 Å². The predicted molar refractivity (Wildman–Crippen MR) is 81.3 cm³/mol. The summed E-state index contributed by atoms with van der Waals surface area (Å²) in [6.07, 6.45) is 5.03. The SMILES string of the molecule is CCCCCC(CN)N(C)c1ccc(C)cc1C. The van der Waals surface area contributed by atoms with Crippen molar-refractivity contribution in [3.05, 3.63) is 29.3 Å². The number of rotatable bonds is 7. The second-order valence-electron chi connectivity index (χ2n) is 5.29. The first-order chi connectivity index (χ1) is 8.60. The third kappa shape index (κ3) is 4.02. The Morgan fingerprint density at radius 1 is 1.22 bits per heavy atom. The van der Waals surface area contributed by atoms with Crippen LogP contribution in [0.2, 0.25) is 0 Å². The molecular formula is C16H28N2. The van der Waals surface area contributed by atoms with Crippen molar-refractivity contribution in [2.24, 2.45) is 5.73 Å². The first-order valence-corrected chi connectivity index (χ1v) is 7.10. The molecule has 0 amide bonds. The highest BCUT2D eigenvalue weighted by Gasteiger charge is 2.14. The van der Waals surface area contributed by atoms with Crippen molar-refractivity contribution in [2.45, 2.75) is 52.5 Å². The molecule has 1 atom stereocenters. The summed E-state index contributed by atoms with van der Waals surface area (Å²) in [7, 11) is 2.17. The van der Waals surface area contributed by atoms with Crippen molar-refractivity contribution >= 4 is 5.69 Å². The summed E-state index contributed by atoms with van der Waals surface area (Å²) in [5.74, 6) is 0. The van der Waals surface area contributed by atoms with Gasteiger partial charge in [-0.05, 0) is 31.9 Å². The lowest BCUT2D eigenvalue weighted by molar-refractivity contribution is 0.543. The fraction of sp³-hybridized carbons (Fsp3) is 0.625. The largest absolute Gasteiger partial charge is 0.370 e. The fourth-order valence-electron chi connectivity index (χ4n) is 2.50. The molecule has 2 heteroatoms. The first kappa shape index (κ1) is 15.0. The number of anilines is 1. The molecule has 0 aliphatic heterocycles. The van der Waals surface area contributed by atoms with E-state index in [0.29, 0.717) is 6.04 Å². The highest BCUT2D eigenvalue weighted by Crippen LogP contribution is 2.23. The number of unbranched alkanes of at least 4 members (excludes halogenated alkanes) is 2. The van der Waals surface area contributed by atoms with Gasteiger partial charge in [-0.1, -0.05) is 43.9 Å². The summed E-state index contributed by atoms with van der Waals surface area (Å²) in [5, 5.41) is 0. The molecule has 1 aromatic rings. The minimum Gasteiger partial charge on any atom is -0.370 e. The van der Waals surface area contributed by atoms with Crippen molar-refractivity contribution in [2.75, 3.05) is 18.5 Å². The van der Waals surface area contributed by atoms with Gasteiger partial charge in [0.05, 0.1) is 0 Å². The average Bonchev–Trinajstić information content (AvgIpc) is 2.34. The van der Waals surface area contributed by atoms with Gasteiger partial charge in [-0.15, -0.1) is 0 Å². The van der Waals surface area contributed by atoms with Crippen LogP contribution in [0.25, 0.3) is 0 Å². The summed E-state index contributed by atoms with van der Waals surface area (Å²) >= 11 is 0. The molecule has 0 saturated heterocycles. The van der Waals surface area contributed by atoms with Gasteiger partial charge in [0, 0.05) is 25.3 Å². The minimum atomic E-state index is 0.456. The molecule has 0 heterocycles. The second-order valence-corrected chi connectivity index (χ2v) is 5.29. The average molecular weight is 248 g/mol. The van der Waals surface area contributed by atoms with Crippen LogP contribution >= 0.6 is 0 Å². The summed E-state index contributed by atoms with van der Waals surface area (Å²) in [6, 6.07) is 7.09. The van der Waals surface area contributed by atoms with Crippen LogP contribution < -0.4 is 10.6 Å². The molecule has 0 radical (unpaired) electrons. The topological polar surface area (TPSA) is 29.3 Å². The van der Waals surface area contributed by atoms with E-state index in [1.54, 1.807) is 0 Å². The van der Waals surface area contributed by atoms with Crippen LogP contribution in [-0.2, 0) is 0 Å².